The van der Waals surface area contributed by atoms with Gasteiger partial charge in [0.05, 0.1) is 18.0 Å². The quantitative estimate of drug-likeness (QED) is 0.115. The van der Waals surface area contributed by atoms with Gasteiger partial charge in [-0.3, -0.25) is 0 Å². The van der Waals surface area contributed by atoms with Gasteiger partial charge < -0.3 is 29.4 Å². The van der Waals surface area contributed by atoms with Crippen molar-refractivity contribution in [2.24, 2.45) is 10.1 Å². The van der Waals surface area contributed by atoms with Gasteiger partial charge in [-0.15, -0.1) is 0 Å². The average molecular weight is 676 g/mol. The fraction of sp³-hybridized carbons (Fsp3) is 0.135. The molecule has 0 atom stereocenters. The highest BCUT2D eigenvalue weighted by molar-refractivity contribution is 7.89. The number of aromatic nitrogens is 1. The van der Waals surface area contributed by atoms with E-state index in [0.29, 0.717) is 67.5 Å². The Morgan fingerprint density at radius 3 is 2.37 bits per heavy atom. The number of sulfonamides is 1. The number of aliphatic imine (C=N–C) groups is 1. The smallest absolute Gasteiger partial charge is 0.238 e. The van der Waals surface area contributed by atoms with E-state index in [1.165, 1.54) is 12.1 Å². The highest BCUT2D eigenvalue weighted by atomic mass is 32.2. The van der Waals surface area contributed by atoms with Gasteiger partial charge in [0, 0.05) is 18.2 Å². The van der Waals surface area contributed by atoms with Crippen LogP contribution in [0.4, 0.5) is 0 Å². The molecule has 0 saturated heterocycles. The minimum atomic E-state index is -3.78. The SMILES string of the molecule is NS(=O)(=O)c1ccc(CNC(=NCc2cccc(Oc3ccc4ccccc4c3)c2)NCc2cc(-c3ccc4c(c3)OCCO4)on2)cc1. The van der Waals surface area contributed by atoms with Crippen LogP contribution in [0.1, 0.15) is 16.8 Å². The van der Waals surface area contributed by atoms with Crippen LogP contribution in [0.2, 0.25) is 0 Å². The molecule has 49 heavy (non-hydrogen) atoms. The molecule has 7 rings (SSSR count). The van der Waals surface area contributed by atoms with Gasteiger partial charge in [0.2, 0.25) is 10.0 Å². The molecule has 0 fully saturated rings. The van der Waals surface area contributed by atoms with Crippen molar-refractivity contribution in [3.05, 3.63) is 132 Å². The van der Waals surface area contributed by atoms with Crippen molar-refractivity contribution in [2.45, 2.75) is 24.5 Å². The third-order valence-corrected chi connectivity index (χ3v) is 8.74. The third kappa shape index (κ3) is 8.00. The van der Waals surface area contributed by atoms with Gasteiger partial charge >= 0.3 is 0 Å². The van der Waals surface area contributed by atoms with E-state index >= 15 is 0 Å². The van der Waals surface area contributed by atoms with Crippen molar-refractivity contribution < 1.29 is 27.2 Å². The van der Waals surface area contributed by atoms with Crippen molar-refractivity contribution in [1.82, 2.24) is 15.8 Å². The molecule has 0 saturated carbocycles. The van der Waals surface area contributed by atoms with Gasteiger partial charge in [-0.1, -0.05) is 59.8 Å². The van der Waals surface area contributed by atoms with Crippen LogP contribution in [-0.4, -0.2) is 32.7 Å². The van der Waals surface area contributed by atoms with Crippen LogP contribution in [-0.2, 0) is 29.7 Å². The number of nitrogens with two attached hydrogens (primary N) is 1. The zero-order valence-corrected chi connectivity index (χ0v) is 27.2. The van der Waals surface area contributed by atoms with Crippen LogP contribution in [0.5, 0.6) is 23.0 Å². The van der Waals surface area contributed by atoms with Crippen molar-refractivity contribution in [1.29, 1.82) is 0 Å². The molecule has 0 spiro atoms. The molecular formula is C37H33N5O6S. The van der Waals surface area contributed by atoms with Crippen molar-refractivity contribution >= 4 is 26.8 Å². The fourth-order valence-electron chi connectivity index (χ4n) is 5.30. The topological polar surface area (TPSA) is 150 Å². The zero-order valence-electron chi connectivity index (χ0n) is 26.3. The minimum absolute atomic E-state index is 0.0499. The van der Waals surface area contributed by atoms with Crippen molar-refractivity contribution in [3.8, 4) is 34.3 Å². The molecule has 0 radical (unpaired) electrons. The van der Waals surface area contributed by atoms with Gasteiger partial charge in [-0.25, -0.2) is 18.5 Å². The second-order valence-electron chi connectivity index (χ2n) is 11.4. The van der Waals surface area contributed by atoms with Crippen LogP contribution in [0.15, 0.2) is 130 Å². The minimum Gasteiger partial charge on any atom is -0.486 e. The normalized spacial score (nSPS) is 12.9. The number of benzene rings is 5. The lowest BCUT2D eigenvalue weighted by Gasteiger charge is -2.18. The van der Waals surface area contributed by atoms with Crippen LogP contribution in [0, 0.1) is 0 Å². The Morgan fingerprint density at radius 1 is 0.755 bits per heavy atom. The second kappa shape index (κ2) is 14.1. The number of nitrogens with one attached hydrogen (secondary N) is 2. The van der Waals surface area contributed by atoms with Crippen molar-refractivity contribution in [2.75, 3.05) is 13.2 Å². The number of primary sulfonamides is 1. The number of fused-ring (bicyclic) bond motifs is 2. The van der Waals surface area contributed by atoms with Gasteiger partial charge in [0.1, 0.15) is 30.4 Å². The number of guanidine groups is 1. The van der Waals surface area contributed by atoms with Gasteiger partial charge in [-0.2, -0.15) is 0 Å². The lowest BCUT2D eigenvalue weighted by Crippen LogP contribution is -2.36. The Bertz CT molecular complexity index is 2230. The highest BCUT2D eigenvalue weighted by Crippen LogP contribution is 2.34. The van der Waals surface area contributed by atoms with E-state index in [4.69, 9.17) is 28.9 Å². The van der Waals surface area contributed by atoms with Crippen LogP contribution in [0.25, 0.3) is 22.1 Å². The van der Waals surface area contributed by atoms with E-state index in [1.807, 2.05) is 78.9 Å². The molecule has 11 nitrogen and oxygen atoms in total. The van der Waals surface area contributed by atoms with E-state index < -0.39 is 10.0 Å². The summed E-state index contributed by atoms with van der Waals surface area (Å²) in [6.07, 6.45) is 0. The molecule has 5 aromatic carbocycles. The number of nitrogens with zero attached hydrogens (tertiary/aromatic N) is 2. The van der Waals surface area contributed by atoms with Crippen LogP contribution in [0.3, 0.4) is 0 Å². The summed E-state index contributed by atoms with van der Waals surface area (Å²) < 4.78 is 46.5. The van der Waals surface area contributed by atoms with Crippen LogP contribution < -0.4 is 30.0 Å². The van der Waals surface area contributed by atoms with Gasteiger partial charge in [0.25, 0.3) is 0 Å². The zero-order chi connectivity index (χ0) is 33.6. The second-order valence-corrected chi connectivity index (χ2v) is 12.9. The maximum atomic E-state index is 11.7. The maximum absolute atomic E-state index is 11.7. The monoisotopic (exact) mass is 675 g/mol. The summed E-state index contributed by atoms with van der Waals surface area (Å²) in [4.78, 5) is 4.87. The Hall–Kier alpha value is -5.85. The predicted molar refractivity (Wildman–Crippen MR) is 186 cm³/mol. The molecule has 1 aliphatic heterocycles. The highest BCUT2D eigenvalue weighted by Gasteiger charge is 2.15. The molecule has 12 heteroatoms. The van der Waals surface area contributed by atoms with E-state index in [1.54, 1.807) is 12.1 Å². The molecule has 2 heterocycles. The molecule has 6 aromatic rings. The number of ether oxygens (including phenoxy) is 3. The maximum Gasteiger partial charge on any atom is 0.238 e. The third-order valence-electron chi connectivity index (χ3n) is 7.81. The number of rotatable bonds is 10. The molecule has 1 aromatic heterocycles. The molecule has 0 amide bonds. The lowest BCUT2D eigenvalue weighted by molar-refractivity contribution is 0.171. The van der Waals surface area contributed by atoms with E-state index in [-0.39, 0.29) is 4.90 Å². The number of hydrogen-bond donors (Lipinski definition) is 3. The Kier molecular flexibility index (Phi) is 9.13. The summed E-state index contributed by atoms with van der Waals surface area (Å²) in [5, 5.41) is 18.4. The molecule has 1 aliphatic rings. The summed E-state index contributed by atoms with van der Waals surface area (Å²) in [6.45, 7) is 2.08. The summed E-state index contributed by atoms with van der Waals surface area (Å²) in [6, 6.07) is 35.8. The largest absolute Gasteiger partial charge is 0.486 e. The van der Waals surface area contributed by atoms with E-state index in [2.05, 4.69) is 27.9 Å². The molecule has 4 N–H and O–H groups in total. The first-order valence-corrected chi connectivity index (χ1v) is 17.2. The Labute approximate surface area is 283 Å². The molecule has 248 valence electrons. The van der Waals surface area contributed by atoms with E-state index in [0.717, 1.165) is 33.2 Å². The van der Waals surface area contributed by atoms with Gasteiger partial charge in [0.15, 0.2) is 23.2 Å². The summed E-state index contributed by atoms with van der Waals surface area (Å²) in [5.74, 6) is 3.93. The first-order valence-electron chi connectivity index (χ1n) is 15.6. The molecule has 0 aliphatic carbocycles. The average Bonchev–Trinajstić information content (AvgIpc) is 3.60. The van der Waals surface area contributed by atoms with Crippen LogP contribution >= 0.6 is 0 Å². The predicted octanol–water partition coefficient (Wildman–Crippen LogP) is 6.14. The Morgan fingerprint density at radius 2 is 1.53 bits per heavy atom. The lowest BCUT2D eigenvalue weighted by atomic mass is 10.1. The molecule has 0 bridgehead atoms. The summed E-state index contributed by atoms with van der Waals surface area (Å²) >= 11 is 0. The molecular weight excluding hydrogens is 643 g/mol. The summed E-state index contributed by atoms with van der Waals surface area (Å²) in [5.41, 5.74) is 3.28. The first kappa shape index (κ1) is 31.7. The first-order chi connectivity index (χ1) is 23.9. The summed E-state index contributed by atoms with van der Waals surface area (Å²) in [7, 11) is -3.78. The van der Waals surface area contributed by atoms with Gasteiger partial charge in [-0.05, 0) is 76.5 Å². The number of hydrogen-bond acceptors (Lipinski definition) is 8. The standard InChI is InChI=1S/C37H33N5O6S/c38-49(43,44)33-13-8-25(9-14-33)22-39-37(41-24-30-21-35(48-42-30)29-11-15-34-36(20-29)46-17-16-45-34)40-23-26-4-3-7-31(18-26)47-32-12-10-27-5-1-2-6-28(27)19-32/h1-15,18-21H,16-17,22-24H2,(H2,38,43,44)(H2,39,40,41). The van der Waals surface area contributed by atoms with Crippen molar-refractivity contribution in [3.63, 3.8) is 0 Å². The molecule has 0 unspecified atom stereocenters. The Balaban J connectivity index is 1.05. The van der Waals surface area contributed by atoms with E-state index in [9.17, 15) is 8.42 Å². The fourth-order valence-corrected chi connectivity index (χ4v) is 5.82.